The zero-order chi connectivity index (χ0) is 5.98. The maximum absolute atomic E-state index is 6.97. The van der Waals surface area contributed by atoms with Gasteiger partial charge in [0, 0.05) is 0 Å². The Hall–Kier alpha value is -1.05. The summed E-state index contributed by atoms with van der Waals surface area (Å²) in [7, 11) is 0. The number of nitrogens with one attached hydrogen (secondary N) is 1. The van der Waals surface area contributed by atoms with Gasteiger partial charge in [0.05, 0.1) is 5.92 Å². The highest BCUT2D eigenvalue weighted by molar-refractivity contribution is 5.83. The van der Waals surface area contributed by atoms with Crippen LogP contribution in [0.5, 0.6) is 0 Å². The highest BCUT2D eigenvalue weighted by Crippen LogP contribution is 2.06. The van der Waals surface area contributed by atoms with Gasteiger partial charge in [-0.2, -0.15) is 0 Å². The second kappa shape index (κ2) is 1.82. The maximum Gasteiger partial charge on any atom is 0.101 e. The van der Waals surface area contributed by atoms with Crippen molar-refractivity contribution >= 4 is 5.84 Å². The van der Waals surface area contributed by atoms with Crippen LogP contribution in [-0.4, -0.2) is 5.84 Å². The molecule has 0 aromatic heterocycles. The van der Waals surface area contributed by atoms with E-state index in [0.29, 0.717) is 0 Å². The fraction of sp³-hybridized carbons (Fsp3) is 0.167. The van der Waals surface area contributed by atoms with Gasteiger partial charge in [0.25, 0.3) is 0 Å². The first-order valence-corrected chi connectivity index (χ1v) is 2.49. The minimum absolute atomic E-state index is 0.0648. The molecule has 0 heterocycles. The third-order valence-corrected chi connectivity index (χ3v) is 1.11. The van der Waals surface area contributed by atoms with Crippen LogP contribution in [0.4, 0.5) is 0 Å². The summed E-state index contributed by atoms with van der Waals surface area (Å²) < 4.78 is 0. The summed E-state index contributed by atoms with van der Waals surface area (Å²) >= 11 is 0. The summed E-state index contributed by atoms with van der Waals surface area (Å²) in [6.07, 6.45) is 7.57. The van der Waals surface area contributed by atoms with Crippen LogP contribution in [0, 0.1) is 11.3 Å². The minimum atomic E-state index is 0.0648. The lowest BCUT2D eigenvalue weighted by atomic mass is 10.1. The molecule has 0 saturated carbocycles. The summed E-state index contributed by atoms with van der Waals surface area (Å²) in [5.74, 6) is 0.282. The predicted octanol–water partition coefficient (Wildman–Crippen LogP) is 0.665. The summed E-state index contributed by atoms with van der Waals surface area (Å²) in [6.45, 7) is 0. The average molecular weight is 108 g/mol. The number of rotatable bonds is 1. The molecule has 0 radical (unpaired) electrons. The topological polar surface area (TPSA) is 49.9 Å². The zero-order valence-corrected chi connectivity index (χ0v) is 4.46. The average Bonchev–Trinajstić information content (AvgIpc) is 2.12. The molecule has 0 aromatic rings. The van der Waals surface area contributed by atoms with E-state index in [0.717, 1.165) is 0 Å². The van der Waals surface area contributed by atoms with Gasteiger partial charge in [0.2, 0.25) is 0 Å². The summed E-state index contributed by atoms with van der Waals surface area (Å²) in [5, 5.41) is 6.97. The van der Waals surface area contributed by atoms with Crippen molar-refractivity contribution in [1.82, 2.24) is 0 Å². The van der Waals surface area contributed by atoms with Crippen LogP contribution in [0.15, 0.2) is 24.3 Å². The van der Waals surface area contributed by atoms with Crippen LogP contribution in [-0.2, 0) is 0 Å². The quantitative estimate of drug-likeness (QED) is 0.376. The van der Waals surface area contributed by atoms with Crippen LogP contribution < -0.4 is 5.73 Å². The highest BCUT2D eigenvalue weighted by atomic mass is 14.7. The van der Waals surface area contributed by atoms with Gasteiger partial charge in [-0.1, -0.05) is 24.3 Å². The first kappa shape index (κ1) is 5.09. The number of amidine groups is 1. The van der Waals surface area contributed by atoms with Gasteiger partial charge < -0.3 is 5.73 Å². The van der Waals surface area contributed by atoms with E-state index in [1.165, 1.54) is 0 Å². The fourth-order valence-electron chi connectivity index (χ4n) is 0.639. The van der Waals surface area contributed by atoms with Crippen molar-refractivity contribution in [2.24, 2.45) is 11.7 Å². The third kappa shape index (κ3) is 0.780. The Morgan fingerprint density at radius 1 is 1.38 bits per heavy atom. The van der Waals surface area contributed by atoms with Crippen molar-refractivity contribution < 1.29 is 0 Å². The molecule has 3 N–H and O–H groups in total. The first-order valence-electron chi connectivity index (χ1n) is 2.49. The standard InChI is InChI=1S/C6H8N2/c7-6(8)5-3-1-2-4-5/h1-5H,(H3,7,8). The number of nitrogens with two attached hydrogens (primary N) is 1. The predicted molar refractivity (Wildman–Crippen MR) is 33.7 cm³/mol. The molecule has 0 unspecified atom stereocenters. The van der Waals surface area contributed by atoms with Gasteiger partial charge in [-0.05, 0) is 0 Å². The largest absolute Gasteiger partial charge is 0.387 e. The monoisotopic (exact) mass is 108 g/mol. The molecular formula is C6H8N2. The second-order valence-corrected chi connectivity index (χ2v) is 1.75. The second-order valence-electron chi connectivity index (χ2n) is 1.75. The Morgan fingerprint density at radius 3 is 2.12 bits per heavy atom. The Balaban J connectivity index is 2.62. The van der Waals surface area contributed by atoms with Crippen LogP contribution in [0.1, 0.15) is 0 Å². The van der Waals surface area contributed by atoms with E-state index >= 15 is 0 Å². The summed E-state index contributed by atoms with van der Waals surface area (Å²) in [5.41, 5.74) is 5.18. The van der Waals surface area contributed by atoms with Crippen molar-refractivity contribution in [3.8, 4) is 0 Å². The van der Waals surface area contributed by atoms with Crippen LogP contribution in [0.2, 0.25) is 0 Å². The van der Waals surface area contributed by atoms with Crippen molar-refractivity contribution in [3.05, 3.63) is 24.3 Å². The van der Waals surface area contributed by atoms with Gasteiger partial charge in [-0.15, -0.1) is 0 Å². The van der Waals surface area contributed by atoms with E-state index in [4.69, 9.17) is 11.1 Å². The molecule has 2 heteroatoms. The number of hydrogen-bond donors (Lipinski definition) is 2. The van der Waals surface area contributed by atoms with Gasteiger partial charge in [0.1, 0.15) is 5.84 Å². The van der Waals surface area contributed by atoms with E-state index in [-0.39, 0.29) is 11.8 Å². The minimum Gasteiger partial charge on any atom is -0.387 e. The molecule has 1 aliphatic rings. The van der Waals surface area contributed by atoms with Gasteiger partial charge in [-0.3, -0.25) is 5.41 Å². The molecule has 0 spiro atoms. The van der Waals surface area contributed by atoms with Crippen molar-refractivity contribution in [2.45, 2.75) is 0 Å². The maximum atomic E-state index is 6.97. The molecule has 0 aromatic carbocycles. The fourth-order valence-corrected chi connectivity index (χ4v) is 0.639. The summed E-state index contributed by atoms with van der Waals surface area (Å²) in [6, 6.07) is 0. The molecule has 0 atom stereocenters. The van der Waals surface area contributed by atoms with Crippen molar-refractivity contribution in [3.63, 3.8) is 0 Å². The molecule has 0 fully saturated rings. The van der Waals surface area contributed by atoms with Gasteiger partial charge in [-0.25, -0.2) is 0 Å². The molecule has 2 nitrogen and oxygen atoms in total. The van der Waals surface area contributed by atoms with Crippen LogP contribution >= 0.6 is 0 Å². The SMILES string of the molecule is N=C(N)C1C=CC=C1. The lowest BCUT2D eigenvalue weighted by molar-refractivity contribution is 1.11. The van der Waals surface area contributed by atoms with Gasteiger partial charge >= 0.3 is 0 Å². The third-order valence-electron chi connectivity index (χ3n) is 1.11. The molecule has 0 bridgehead atoms. The van der Waals surface area contributed by atoms with E-state index in [9.17, 15) is 0 Å². The molecule has 8 heavy (non-hydrogen) atoms. The van der Waals surface area contributed by atoms with E-state index in [1.54, 1.807) is 0 Å². The molecule has 42 valence electrons. The van der Waals surface area contributed by atoms with Crippen molar-refractivity contribution in [2.75, 3.05) is 0 Å². The molecule has 0 amide bonds. The van der Waals surface area contributed by atoms with E-state index in [1.807, 2.05) is 24.3 Å². The zero-order valence-electron chi connectivity index (χ0n) is 4.46. The summed E-state index contributed by atoms with van der Waals surface area (Å²) in [4.78, 5) is 0. The Morgan fingerprint density at radius 2 is 1.88 bits per heavy atom. The highest BCUT2D eigenvalue weighted by Gasteiger charge is 2.04. The lowest BCUT2D eigenvalue weighted by Crippen LogP contribution is -2.17. The Bertz CT molecular complexity index is 144. The Kier molecular flexibility index (Phi) is 1.16. The first-order chi connectivity index (χ1) is 3.80. The van der Waals surface area contributed by atoms with E-state index in [2.05, 4.69) is 0 Å². The molecule has 1 aliphatic carbocycles. The molecule has 0 aliphatic heterocycles. The van der Waals surface area contributed by atoms with Crippen molar-refractivity contribution in [1.29, 1.82) is 5.41 Å². The lowest BCUT2D eigenvalue weighted by Gasteiger charge is -1.97. The molecule has 0 saturated heterocycles. The van der Waals surface area contributed by atoms with Crippen LogP contribution in [0.25, 0.3) is 0 Å². The molecular weight excluding hydrogens is 100 g/mol. The smallest absolute Gasteiger partial charge is 0.101 e. The van der Waals surface area contributed by atoms with E-state index < -0.39 is 0 Å². The normalized spacial score (nSPS) is 17.5. The van der Waals surface area contributed by atoms with Crippen LogP contribution in [0.3, 0.4) is 0 Å². The number of allylic oxidation sites excluding steroid dienone is 2. The Labute approximate surface area is 48.2 Å². The van der Waals surface area contributed by atoms with Gasteiger partial charge in [0.15, 0.2) is 0 Å². The number of hydrogen-bond acceptors (Lipinski definition) is 1. The molecule has 1 rings (SSSR count).